The first kappa shape index (κ1) is 26.3. The molecular weight excluding hydrogens is 484 g/mol. The maximum atomic E-state index is 13.2. The quantitative estimate of drug-likeness (QED) is 0.233. The van der Waals surface area contributed by atoms with E-state index >= 15 is 0 Å². The van der Waals surface area contributed by atoms with Gasteiger partial charge >= 0.3 is 18.2 Å². The van der Waals surface area contributed by atoms with E-state index in [9.17, 15) is 27.6 Å². The van der Waals surface area contributed by atoms with Crippen LogP contribution >= 0.6 is 0 Å². The zero-order valence-corrected chi connectivity index (χ0v) is 20.6. The van der Waals surface area contributed by atoms with Crippen LogP contribution < -0.4 is 5.32 Å². The molecule has 2 aliphatic rings. The van der Waals surface area contributed by atoms with Crippen molar-refractivity contribution >= 4 is 34.0 Å². The van der Waals surface area contributed by atoms with Crippen LogP contribution in [0.4, 0.5) is 9.59 Å². The normalized spacial score (nSPS) is 24.4. The van der Waals surface area contributed by atoms with Crippen LogP contribution in [-0.4, -0.2) is 73.0 Å². The molecule has 2 amide bonds. The fraction of sp³-hybridized carbons (Fsp3) is 0.545. The molecule has 0 spiro atoms. The predicted octanol–water partition coefficient (Wildman–Crippen LogP) is 1.34. The third-order valence-electron chi connectivity index (χ3n) is 5.89. The smallest absolute Gasteiger partial charge is 0.445 e. The Balaban J connectivity index is 1.63. The van der Waals surface area contributed by atoms with Crippen molar-refractivity contribution < 1.29 is 46.5 Å². The molecule has 1 aromatic carbocycles. The fourth-order valence-corrected chi connectivity index (χ4v) is 6.40. The summed E-state index contributed by atoms with van der Waals surface area (Å²) in [4.78, 5) is 50.1. The van der Waals surface area contributed by atoms with Gasteiger partial charge in [-0.2, -0.15) is 0 Å². The molecule has 4 atom stereocenters. The van der Waals surface area contributed by atoms with E-state index in [-0.39, 0.29) is 19.8 Å². The van der Waals surface area contributed by atoms with Gasteiger partial charge in [-0.1, -0.05) is 30.3 Å². The van der Waals surface area contributed by atoms with E-state index in [1.54, 1.807) is 31.2 Å². The highest BCUT2D eigenvalue weighted by molar-refractivity contribution is 7.93. The number of β-lactam (4-membered cyclic amide) rings is 1. The van der Waals surface area contributed by atoms with E-state index in [4.69, 9.17) is 14.2 Å². The summed E-state index contributed by atoms with van der Waals surface area (Å²) in [5.41, 5.74) is 0.760. The van der Waals surface area contributed by atoms with E-state index < -0.39 is 62.3 Å². The highest BCUT2D eigenvalue weighted by Gasteiger charge is 2.72. The highest BCUT2D eigenvalue weighted by Crippen LogP contribution is 2.48. The van der Waals surface area contributed by atoms with Crippen LogP contribution in [-0.2, 0) is 45.0 Å². The maximum Gasteiger partial charge on any atom is 0.511 e. The van der Waals surface area contributed by atoms with Gasteiger partial charge in [0.2, 0.25) is 12.2 Å². The van der Waals surface area contributed by atoms with Crippen LogP contribution in [0.25, 0.3) is 0 Å². The van der Waals surface area contributed by atoms with Crippen LogP contribution in [0.15, 0.2) is 30.3 Å². The Hall–Kier alpha value is -3.35. The van der Waals surface area contributed by atoms with Crippen molar-refractivity contribution in [3.63, 3.8) is 0 Å². The summed E-state index contributed by atoms with van der Waals surface area (Å²) in [5.74, 6) is -2.76. The molecule has 0 saturated carbocycles. The number of rotatable bonds is 8. The molecule has 0 bridgehead atoms. The number of alkyl carbamates (subject to hydrolysis) is 1. The summed E-state index contributed by atoms with van der Waals surface area (Å²) in [6.07, 6.45) is -3.24. The molecule has 13 heteroatoms. The van der Waals surface area contributed by atoms with Crippen molar-refractivity contribution in [3.05, 3.63) is 35.9 Å². The van der Waals surface area contributed by atoms with Gasteiger partial charge in [0.1, 0.15) is 18.0 Å². The number of carbonyl (C=O) groups is 4. The summed E-state index contributed by atoms with van der Waals surface area (Å²) >= 11 is 0. The topological polar surface area (TPSA) is 155 Å². The first-order chi connectivity index (χ1) is 16.4. The number of hydrogen-bond donors (Lipinski definition) is 1. The van der Waals surface area contributed by atoms with Crippen LogP contribution in [0.3, 0.4) is 0 Å². The molecule has 3 rings (SSSR count). The highest BCUT2D eigenvalue weighted by atomic mass is 32.2. The minimum absolute atomic E-state index is 0.00609. The lowest BCUT2D eigenvalue weighted by Gasteiger charge is -2.43. The van der Waals surface area contributed by atoms with Crippen molar-refractivity contribution in [2.24, 2.45) is 5.92 Å². The second kappa shape index (κ2) is 10.1. The molecule has 192 valence electrons. The van der Waals surface area contributed by atoms with Gasteiger partial charge in [-0.3, -0.25) is 4.79 Å². The monoisotopic (exact) mass is 512 g/mol. The lowest BCUT2D eigenvalue weighted by atomic mass is 9.91. The number of ether oxygens (including phenoxy) is 4. The first-order valence-corrected chi connectivity index (χ1v) is 12.5. The number of esters is 1. The minimum atomic E-state index is -4.03. The van der Waals surface area contributed by atoms with Gasteiger partial charge in [0.15, 0.2) is 9.84 Å². The molecule has 2 saturated heterocycles. The number of carbonyl (C=O) groups excluding carboxylic acids is 4. The largest absolute Gasteiger partial charge is 0.511 e. The number of sulfone groups is 1. The standard InChI is InChI=1S/C22H28N2O10S/c1-5-31-21(28)34-13(2)33-19(26)16-22(3,4)35(29,30)18-15(17(25)24(16)18)11-23-20(27)32-12-14-9-7-6-8-10-14/h6-10,13,15-16,18H,5,11-12H2,1-4H3,(H,23,27)/t13?,15-,16-,18+/m0/s1. The minimum Gasteiger partial charge on any atom is -0.445 e. The Bertz CT molecular complexity index is 1090. The third kappa shape index (κ3) is 5.04. The van der Waals surface area contributed by atoms with E-state index in [0.717, 1.165) is 10.5 Å². The van der Waals surface area contributed by atoms with Gasteiger partial charge in [0, 0.05) is 13.5 Å². The predicted molar refractivity (Wildman–Crippen MR) is 119 cm³/mol. The van der Waals surface area contributed by atoms with Gasteiger partial charge in [0.05, 0.1) is 17.3 Å². The Morgan fingerprint density at radius 3 is 2.40 bits per heavy atom. The number of nitrogens with one attached hydrogen (secondary N) is 1. The molecule has 12 nitrogen and oxygen atoms in total. The second-order valence-electron chi connectivity index (χ2n) is 8.54. The van der Waals surface area contributed by atoms with Crippen molar-refractivity contribution in [3.8, 4) is 0 Å². The summed E-state index contributed by atoms with van der Waals surface area (Å²) < 4.78 is 44.3. The van der Waals surface area contributed by atoms with Gasteiger partial charge in [-0.05, 0) is 26.3 Å². The van der Waals surface area contributed by atoms with Crippen molar-refractivity contribution in [1.82, 2.24) is 10.2 Å². The lowest BCUT2D eigenvalue weighted by Crippen LogP contribution is -2.66. The Morgan fingerprint density at radius 2 is 1.77 bits per heavy atom. The lowest BCUT2D eigenvalue weighted by molar-refractivity contribution is -0.182. The molecule has 2 fully saturated rings. The molecule has 0 aromatic heterocycles. The summed E-state index contributed by atoms with van der Waals surface area (Å²) in [7, 11) is -4.03. The number of nitrogens with zero attached hydrogens (tertiary/aromatic N) is 1. The Morgan fingerprint density at radius 1 is 1.11 bits per heavy atom. The van der Waals surface area contributed by atoms with Crippen LogP contribution in [0.5, 0.6) is 0 Å². The summed E-state index contributed by atoms with van der Waals surface area (Å²) in [6, 6.07) is 7.47. The van der Waals surface area contributed by atoms with E-state index in [1.165, 1.54) is 20.8 Å². The molecule has 1 unspecified atom stereocenters. The molecule has 2 aliphatic heterocycles. The SMILES string of the molecule is CCOC(=O)OC(C)OC(=O)[C@@H]1N2C(=O)[C@H](CNC(=O)OCc3ccccc3)[C@H]2S(=O)(=O)C1(C)C. The average molecular weight is 513 g/mol. The Labute approximate surface area is 202 Å². The third-order valence-corrected chi connectivity index (χ3v) is 8.77. The Kier molecular flexibility index (Phi) is 7.58. The molecule has 0 aliphatic carbocycles. The zero-order valence-electron chi connectivity index (χ0n) is 19.8. The van der Waals surface area contributed by atoms with Crippen LogP contribution in [0, 0.1) is 5.92 Å². The van der Waals surface area contributed by atoms with E-state index in [0.29, 0.717) is 0 Å². The maximum absolute atomic E-state index is 13.2. The number of benzene rings is 1. The number of amides is 2. The van der Waals surface area contributed by atoms with E-state index in [2.05, 4.69) is 10.1 Å². The number of hydrogen-bond acceptors (Lipinski definition) is 10. The zero-order chi connectivity index (χ0) is 26.0. The van der Waals surface area contributed by atoms with Gasteiger partial charge < -0.3 is 29.2 Å². The van der Waals surface area contributed by atoms with Crippen LogP contribution in [0.2, 0.25) is 0 Å². The molecule has 2 heterocycles. The molecule has 35 heavy (non-hydrogen) atoms. The molecule has 1 N–H and O–H groups in total. The van der Waals surface area contributed by atoms with Gasteiger partial charge in [-0.25, -0.2) is 22.8 Å². The summed E-state index contributed by atoms with van der Waals surface area (Å²) in [6.45, 7) is 5.22. The molecule has 1 aromatic rings. The average Bonchev–Trinajstić information content (AvgIpc) is 2.93. The van der Waals surface area contributed by atoms with Gasteiger partial charge in [0.25, 0.3) is 0 Å². The molecular formula is C22H28N2O10S. The first-order valence-electron chi connectivity index (χ1n) is 11.0. The molecule has 0 radical (unpaired) electrons. The van der Waals surface area contributed by atoms with Crippen molar-refractivity contribution in [2.45, 2.75) is 56.8 Å². The summed E-state index contributed by atoms with van der Waals surface area (Å²) in [5, 5.41) is 1.09. The van der Waals surface area contributed by atoms with Crippen LogP contribution in [0.1, 0.15) is 33.3 Å². The van der Waals surface area contributed by atoms with Crippen molar-refractivity contribution in [1.29, 1.82) is 0 Å². The number of fused-ring (bicyclic) bond motifs is 1. The van der Waals surface area contributed by atoms with E-state index in [1.807, 2.05) is 6.07 Å². The van der Waals surface area contributed by atoms with Crippen molar-refractivity contribution in [2.75, 3.05) is 13.2 Å². The second-order valence-corrected chi connectivity index (χ2v) is 11.2. The van der Waals surface area contributed by atoms with Gasteiger partial charge in [-0.15, -0.1) is 0 Å². The fourth-order valence-electron chi connectivity index (χ4n) is 4.08.